The molecule has 0 aliphatic heterocycles. The molecule has 0 saturated carbocycles. The van der Waals surface area contributed by atoms with Crippen LogP contribution in [0.1, 0.15) is 48.5 Å². The van der Waals surface area contributed by atoms with E-state index in [1.54, 1.807) is 6.07 Å². The fraction of sp³-hybridized carbons (Fsp3) is 0.400. The molecule has 1 aromatic heterocycles. The highest BCUT2D eigenvalue weighted by Crippen LogP contribution is 2.28. The van der Waals surface area contributed by atoms with Crippen LogP contribution in [0.3, 0.4) is 0 Å². The molecule has 0 fully saturated rings. The summed E-state index contributed by atoms with van der Waals surface area (Å²) in [7, 11) is 0. The number of nitrogens with zero attached hydrogens (tertiary/aromatic N) is 1. The molecule has 1 N–H and O–H groups in total. The van der Waals surface area contributed by atoms with Crippen molar-refractivity contribution in [1.29, 1.82) is 0 Å². The summed E-state index contributed by atoms with van der Waals surface area (Å²) in [5.74, 6) is 0.477. The molecule has 2 atom stereocenters. The fourth-order valence-corrected chi connectivity index (χ4v) is 2.84. The minimum absolute atomic E-state index is 0.00759. The lowest BCUT2D eigenvalue weighted by molar-refractivity contribution is 0.389. The van der Waals surface area contributed by atoms with Gasteiger partial charge in [-0.05, 0) is 45.4 Å². The number of halogens is 2. The van der Waals surface area contributed by atoms with E-state index in [-0.39, 0.29) is 17.9 Å². The average molecular weight is 297 g/mol. The van der Waals surface area contributed by atoms with Gasteiger partial charge >= 0.3 is 0 Å². The third kappa shape index (κ3) is 3.02. The van der Waals surface area contributed by atoms with E-state index in [2.05, 4.69) is 10.5 Å². The molecule has 20 heavy (non-hydrogen) atoms. The molecule has 0 aliphatic rings. The molecule has 0 radical (unpaired) electrons. The molecule has 0 spiro atoms. The Hall–Kier alpha value is -1.39. The zero-order valence-electron chi connectivity index (χ0n) is 12.0. The largest absolute Gasteiger partial charge is 0.361 e. The highest BCUT2D eigenvalue weighted by Gasteiger charge is 2.19. The minimum atomic E-state index is -0.329. The van der Waals surface area contributed by atoms with Gasteiger partial charge in [0, 0.05) is 22.7 Å². The van der Waals surface area contributed by atoms with Crippen molar-refractivity contribution in [2.45, 2.75) is 39.8 Å². The van der Waals surface area contributed by atoms with Gasteiger partial charge in [0.1, 0.15) is 11.6 Å². The summed E-state index contributed by atoms with van der Waals surface area (Å²) in [6.45, 7) is 7.84. The number of hydrogen-bond acceptors (Lipinski definition) is 3. The summed E-state index contributed by atoms with van der Waals surface area (Å²) in [6, 6.07) is 4.51. The molecular formula is C15H18ClFN2O. The normalized spacial score (nSPS) is 14.3. The van der Waals surface area contributed by atoms with Crippen molar-refractivity contribution in [1.82, 2.24) is 10.5 Å². The van der Waals surface area contributed by atoms with E-state index in [0.29, 0.717) is 5.02 Å². The Morgan fingerprint density at radius 1 is 1.25 bits per heavy atom. The average Bonchev–Trinajstić information content (AvgIpc) is 2.68. The van der Waals surface area contributed by atoms with E-state index in [0.717, 1.165) is 22.6 Å². The first-order valence-electron chi connectivity index (χ1n) is 6.54. The van der Waals surface area contributed by atoms with Crippen molar-refractivity contribution in [2.75, 3.05) is 0 Å². The van der Waals surface area contributed by atoms with Gasteiger partial charge < -0.3 is 9.84 Å². The monoisotopic (exact) mass is 296 g/mol. The third-order valence-electron chi connectivity index (χ3n) is 3.45. The van der Waals surface area contributed by atoms with Crippen molar-refractivity contribution in [3.05, 3.63) is 51.6 Å². The molecule has 0 saturated heterocycles. The lowest BCUT2D eigenvalue weighted by atomic mass is 10.0. The predicted octanol–water partition coefficient (Wildman–Crippen LogP) is 4.50. The second-order valence-corrected chi connectivity index (χ2v) is 5.42. The zero-order chi connectivity index (χ0) is 14.9. The van der Waals surface area contributed by atoms with Crippen LogP contribution >= 0.6 is 11.6 Å². The molecular weight excluding hydrogens is 279 g/mol. The summed E-state index contributed by atoms with van der Waals surface area (Å²) < 4.78 is 18.3. The molecule has 0 aliphatic carbocycles. The van der Waals surface area contributed by atoms with Crippen LogP contribution in [0.4, 0.5) is 4.39 Å². The molecule has 108 valence electrons. The molecule has 1 aromatic carbocycles. The maximum Gasteiger partial charge on any atom is 0.138 e. The van der Waals surface area contributed by atoms with Gasteiger partial charge in [-0.15, -0.1) is 0 Å². The maximum absolute atomic E-state index is 13.1. The predicted molar refractivity (Wildman–Crippen MR) is 77.4 cm³/mol. The van der Waals surface area contributed by atoms with Gasteiger partial charge in [-0.1, -0.05) is 22.8 Å². The number of hydrogen-bond donors (Lipinski definition) is 1. The smallest absolute Gasteiger partial charge is 0.138 e. The molecule has 2 aromatic rings. The van der Waals surface area contributed by atoms with E-state index in [4.69, 9.17) is 16.1 Å². The first-order chi connectivity index (χ1) is 9.40. The van der Waals surface area contributed by atoms with E-state index >= 15 is 0 Å². The molecule has 3 nitrogen and oxygen atoms in total. The topological polar surface area (TPSA) is 38.1 Å². The molecule has 0 amide bonds. The Kier molecular flexibility index (Phi) is 4.45. The van der Waals surface area contributed by atoms with Crippen LogP contribution in [0.2, 0.25) is 5.02 Å². The van der Waals surface area contributed by atoms with Gasteiger partial charge in [0.25, 0.3) is 0 Å². The second-order valence-electron chi connectivity index (χ2n) is 5.01. The Balaban J connectivity index is 2.17. The van der Waals surface area contributed by atoms with Crippen LogP contribution in [0.5, 0.6) is 0 Å². The van der Waals surface area contributed by atoms with Gasteiger partial charge in [0.2, 0.25) is 0 Å². The number of nitrogens with one attached hydrogen (secondary N) is 1. The molecule has 5 heteroatoms. The van der Waals surface area contributed by atoms with Crippen molar-refractivity contribution in [3.8, 4) is 0 Å². The van der Waals surface area contributed by atoms with Crippen LogP contribution in [0.15, 0.2) is 22.7 Å². The van der Waals surface area contributed by atoms with Gasteiger partial charge in [-0.3, -0.25) is 0 Å². The lowest BCUT2D eigenvalue weighted by Crippen LogP contribution is -2.23. The van der Waals surface area contributed by atoms with Crippen LogP contribution in [-0.2, 0) is 0 Å². The summed E-state index contributed by atoms with van der Waals surface area (Å²) in [6.07, 6.45) is 0. The Bertz CT molecular complexity index is 592. The number of aromatic nitrogens is 1. The van der Waals surface area contributed by atoms with Crippen LogP contribution in [0, 0.1) is 19.7 Å². The summed E-state index contributed by atoms with van der Waals surface area (Å²) >= 11 is 6.08. The summed E-state index contributed by atoms with van der Waals surface area (Å²) in [5, 5.41) is 7.82. The number of rotatable bonds is 4. The van der Waals surface area contributed by atoms with Crippen LogP contribution < -0.4 is 5.32 Å². The molecule has 1 heterocycles. The number of aryl methyl sites for hydroxylation is 2. The second kappa shape index (κ2) is 5.94. The quantitative estimate of drug-likeness (QED) is 0.903. The van der Waals surface area contributed by atoms with E-state index in [9.17, 15) is 4.39 Å². The highest BCUT2D eigenvalue weighted by molar-refractivity contribution is 6.31. The summed E-state index contributed by atoms with van der Waals surface area (Å²) in [4.78, 5) is 0. The maximum atomic E-state index is 13.1. The Morgan fingerprint density at radius 2 is 1.95 bits per heavy atom. The van der Waals surface area contributed by atoms with Crippen LogP contribution in [-0.4, -0.2) is 5.16 Å². The molecule has 2 rings (SSSR count). The van der Waals surface area contributed by atoms with Crippen LogP contribution in [0.25, 0.3) is 0 Å². The van der Waals surface area contributed by atoms with Crippen molar-refractivity contribution >= 4 is 11.6 Å². The van der Waals surface area contributed by atoms with Crippen molar-refractivity contribution in [2.24, 2.45) is 0 Å². The van der Waals surface area contributed by atoms with E-state index < -0.39 is 0 Å². The summed E-state index contributed by atoms with van der Waals surface area (Å²) in [5.41, 5.74) is 2.79. The van der Waals surface area contributed by atoms with Crippen molar-refractivity contribution in [3.63, 3.8) is 0 Å². The number of benzene rings is 1. The Labute approximate surface area is 123 Å². The van der Waals surface area contributed by atoms with Gasteiger partial charge in [-0.2, -0.15) is 0 Å². The Morgan fingerprint density at radius 3 is 2.50 bits per heavy atom. The lowest BCUT2D eigenvalue weighted by Gasteiger charge is -2.21. The first-order valence-corrected chi connectivity index (χ1v) is 6.91. The van der Waals surface area contributed by atoms with E-state index in [1.807, 2.05) is 27.7 Å². The van der Waals surface area contributed by atoms with Gasteiger partial charge in [0.15, 0.2) is 0 Å². The zero-order valence-corrected chi connectivity index (χ0v) is 12.8. The fourth-order valence-electron chi connectivity index (χ4n) is 2.51. The van der Waals surface area contributed by atoms with E-state index in [1.165, 1.54) is 12.1 Å². The van der Waals surface area contributed by atoms with Crippen molar-refractivity contribution < 1.29 is 8.91 Å². The van der Waals surface area contributed by atoms with Gasteiger partial charge in [0.05, 0.1) is 5.69 Å². The molecule has 0 bridgehead atoms. The van der Waals surface area contributed by atoms with Gasteiger partial charge in [-0.25, -0.2) is 4.39 Å². The molecule has 2 unspecified atom stereocenters. The first kappa shape index (κ1) is 15.0. The minimum Gasteiger partial charge on any atom is -0.361 e. The third-order valence-corrected chi connectivity index (χ3v) is 3.78. The highest BCUT2D eigenvalue weighted by atomic mass is 35.5. The standard InChI is InChI=1S/C15H18ClFN2O/c1-8(13-6-5-12(17)7-14(13)16)18-9(2)15-10(3)19-20-11(15)4/h5-9,18H,1-4H3. The SMILES string of the molecule is Cc1noc(C)c1C(C)NC(C)c1ccc(F)cc1Cl.